The van der Waals surface area contributed by atoms with E-state index in [4.69, 9.17) is 5.73 Å². The van der Waals surface area contributed by atoms with Gasteiger partial charge in [-0.25, -0.2) is 0 Å². The lowest BCUT2D eigenvalue weighted by atomic mass is 9.75. The topological polar surface area (TPSA) is 67.1 Å². The van der Waals surface area contributed by atoms with Crippen molar-refractivity contribution in [2.24, 2.45) is 23.2 Å². The molecule has 1 heterocycles. The van der Waals surface area contributed by atoms with Gasteiger partial charge in [0, 0.05) is 24.0 Å². The van der Waals surface area contributed by atoms with E-state index in [9.17, 15) is 4.79 Å². The molecule has 0 spiro atoms. The second-order valence-corrected chi connectivity index (χ2v) is 11.8. The number of carbonyl (C=O) groups excluding carboxylic acids is 1. The Morgan fingerprint density at radius 2 is 1.86 bits per heavy atom. The molecule has 5 heteroatoms. The monoisotopic (exact) mass is 483 g/mol. The van der Waals surface area contributed by atoms with Crippen LogP contribution in [0.4, 0.5) is 11.4 Å². The van der Waals surface area contributed by atoms with Gasteiger partial charge in [-0.05, 0) is 102 Å². The lowest BCUT2D eigenvalue weighted by molar-refractivity contribution is -0.111. The van der Waals surface area contributed by atoms with Crippen LogP contribution in [0, 0.1) is 23.2 Å². The van der Waals surface area contributed by atoms with Crippen molar-refractivity contribution in [1.29, 1.82) is 0 Å². The van der Waals surface area contributed by atoms with Crippen LogP contribution in [0.25, 0.3) is 16.5 Å². The molecule has 4 saturated carbocycles. The Kier molecular flexibility index (Phi) is 5.99. The van der Waals surface area contributed by atoms with Crippen LogP contribution in [0.2, 0.25) is 0 Å². The normalized spacial score (nSPS) is 26.6. The summed E-state index contributed by atoms with van der Waals surface area (Å²) in [6, 6.07) is 18.3. The Morgan fingerprint density at radius 3 is 2.60 bits per heavy atom. The van der Waals surface area contributed by atoms with Gasteiger partial charge >= 0.3 is 0 Å². The van der Waals surface area contributed by atoms with Gasteiger partial charge in [0.1, 0.15) is 0 Å². The summed E-state index contributed by atoms with van der Waals surface area (Å²) in [5.41, 5.74) is 11.2. The number of benzene rings is 2. The van der Waals surface area contributed by atoms with E-state index in [0.29, 0.717) is 16.8 Å². The van der Waals surface area contributed by atoms with Crippen LogP contribution >= 0.6 is 11.3 Å². The summed E-state index contributed by atoms with van der Waals surface area (Å²) < 4.78 is 0. The Balaban J connectivity index is 1.02. The van der Waals surface area contributed by atoms with E-state index in [1.165, 1.54) is 44.2 Å². The maximum atomic E-state index is 12.5. The molecule has 180 valence electrons. The van der Waals surface area contributed by atoms with E-state index in [0.717, 1.165) is 40.3 Å². The number of nitrogen functional groups attached to an aromatic ring is 1. The number of carbonyl (C=O) groups is 1. The van der Waals surface area contributed by atoms with Gasteiger partial charge < -0.3 is 16.4 Å². The zero-order valence-electron chi connectivity index (χ0n) is 20.0. The molecule has 4 aliphatic carbocycles. The molecule has 2 unspecified atom stereocenters. The number of rotatable bonds is 8. The number of hydrogen-bond donors (Lipinski definition) is 3. The van der Waals surface area contributed by atoms with Crippen LogP contribution in [0.1, 0.15) is 43.2 Å². The molecule has 2 aromatic carbocycles. The largest absolute Gasteiger partial charge is 0.397 e. The van der Waals surface area contributed by atoms with Crippen molar-refractivity contribution < 1.29 is 4.79 Å². The second-order valence-electron chi connectivity index (χ2n) is 10.9. The molecular formula is C30H33N3OS. The summed E-state index contributed by atoms with van der Waals surface area (Å²) in [4.78, 5) is 13.7. The SMILES string of the molecule is Nc1ccc(-c2cccs2)cc1NC(=O)/C=C/c1ccc(CNCC23CC4CC(CC2C4)C3)cc1. The molecule has 2 atom stereocenters. The van der Waals surface area contributed by atoms with Crippen LogP contribution in [0.15, 0.2) is 66.1 Å². The molecule has 35 heavy (non-hydrogen) atoms. The van der Waals surface area contributed by atoms with Gasteiger partial charge in [0.25, 0.3) is 0 Å². The molecule has 0 saturated heterocycles. The molecule has 7 rings (SSSR count). The van der Waals surface area contributed by atoms with Crippen molar-refractivity contribution in [3.8, 4) is 10.4 Å². The molecule has 4 bridgehead atoms. The molecule has 4 aliphatic rings. The fourth-order valence-corrected chi connectivity index (χ4v) is 7.79. The number of amides is 1. The van der Waals surface area contributed by atoms with Gasteiger partial charge in [0.2, 0.25) is 5.91 Å². The van der Waals surface area contributed by atoms with Gasteiger partial charge in [0.05, 0.1) is 11.4 Å². The van der Waals surface area contributed by atoms with Crippen LogP contribution in [0.5, 0.6) is 0 Å². The predicted molar refractivity (Wildman–Crippen MR) is 146 cm³/mol. The first-order valence-corrected chi connectivity index (χ1v) is 13.7. The van der Waals surface area contributed by atoms with Gasteiger partial charge in [-0.2, -0.15) is 0 Å². The molecule has 4 N–H and O–H groups in total. The Labute approximate surface area is 211 Å². The van der Waals surface area contributed by atoms with Gasteiger partial charge in [0.15, 0.2) is 0 Å². The number of anilines is 2. The number of nitrogens with one attached hydrogen (secondary N) is 2. The number of nitrogens with two attached hydrogens (primary N) is 1. The van der Waals surface area contributed by atoms with Crippen molar-refractivity contribution in [2.75, 3.05) is 17.6 Å². The number of hydrogen-bond acceptors (Lipinski definition) is 4. The average molecular weight is 484 g/mol. The van der Waals surface area contributed by atoms with Crippen LogP contribution in [-0.2, 0) is 11.3 Å². The minimum absolute atomic E-state index is 0.189. The van der Waals surface area contributed by atoms with E-state index in [2.05, 4.69) is 41.0 Å². The highest BCUT2D eigenvalue weighted by atomic mass is 32.1. The summed E-state index contributed by atoms with van der Waals surface area (Å²) in [6.45, 7) is 2.08. The standard InChI is InChI=1S/C30H33N3OS/c31-26-9-8-24(28-2-1-11-35-28)15-27(26)33-29(34)10-7-20-3-5-21(6-4-20)18-32-19-30-16-22-12-23(17-30)14-25(30)13-22/h1-11,15,22-23,25,32H,12-14,16-19,31H2,(H,33,34)/b10-7+. The molecule has 4 nitrogen and oxygen atoms in total. The van der Waals surface area contributed by atoms with E-state index < -0.39 is 0 Å². The summed E-state index contributed by atoms with van der Waals surface area (Å²) in [5, 5.41) is 8.72. The smallest absolute Gasteiger partial charge is 0.248 e. The third kappa shape index (κ3) is 4.67. The summed E-state index contributed by atoms with van der Waals surface area (Å²) in [6.07, 6.45) is 10.8. The first-order chi connectivity index (χ1) is 17.1. The lowest BCUT2D eigenvalue weighted by Gasteiger charge is -2.33. The van der Waals surface area contributed by atoms with Crippen molar-refractivity contribution in [1.82, 2.24) is 5.32 Å². The van der Waals surface area contributed by atoms with E-state index in [1.54, 1.807) is 17.4 Å². The molecule has 0 radical (unpaired) electrons. The van der Waals surface area contributed by atoms with Crippen LogP contribution in [-0.4, -0.2) is 12.5 Å². The summed E-state index contributed by atoms with van der Waals surface area (Å²) in [7, 11) is 0. The minimum Gasteiger partial charge on any atom is -0.397 e. The quantitative estimate of drug-likeness (QED) is 0.251. The highest BCUT2D eigenvalue weighted by Gasteiger charge is 2.57. The minimum atomic E-state index is -0.189. The molecule has 1 aromatic heterocycles. The molecule has 1 amide bonds. The van der Waals surface area contributed by atoms with E-state index in [-0.39, 0.29) is 5.91 Å². The predicted octanol–water partition coefficient (Wildman–Crippen LogP) is 6.57. The average Bonchev–Trinajstić information content (AvgIpc) is 3.53. The summed E-state index contributed by atoms with van der Waals surface area (Å²) >= 11 is 1.66. The third-order valence-electron chi connectivity index (χ3n) is 8.49. The first kappa shape index (κ1) is 22.6. The van der Waals surface area contributed by atoms with Gasteiger partial charge in [-0.15, -0.1) is 11.3 Å². The molecule has 0 aliphatic heterocycles. The fraction of sp³-hybridized carbons (Fsp3) is 0.367. The summed E-state index contributed by atoms with van der Waals surface area (Å²) in [5.74, 6) is 2.81. The number of thiophene rings is 1. The Hall–Kier alpha value is -2.89. The Bertz CT molecular complexity index is 1220. The first-order valence-electron chi connectivity index (χ1n) is 12.8. The fourth-order valence-electron chi connectivity index (χ4n) is 7.06. The van der Waals surface area contributed by atoms with Gasteiger partial charge in [-0.3, -0.25) is 4.79 Å². The van der Waals surface area contributed by atoms with E-state index >= 15 is 0 Å². The highest BCUT2D eigenvalue weighted by molar-refractivity contribution is 7.13. The molecule has 3 aromatic rings. The van der Waals surface area contributed by atoms with Crippen LogP contribution < -0.4 is 16.4 Å². The van der Waals surface area contributed by atoms with Crippen molar-refractivity contribution >= 4 is 34.7 Å². The zero-order chi connectivity index (χ0) is 23.8. The lowest BCUT2D eigenvalue weighted by Crippen LogP contribution is -2.35. The van der Waals surface area contributed by atoms with Crippen molar-refractivity contribution in [3.05, 3.63) is 77.2 Å². The molecular weight excluding hydrogens is 450 g/mol. The Morgan fingerprint density at radius 1 is 1.06 bits per heavy atom. The van der Waals surface area contributed by atoms with Crippen LogP contribution in [0.3, 0.4) is 0 Å². The third-order valence-corrected chi connectivity index (χ3v) is 9.41. The van der Waals surface area contributed by atoms with Gasteiger partial charge in [-0.1, -0.05) is 36.4 Å². The maximum absolute atomic E-state index is 12.5. The zero-order valence-corrected chi connectivity index (χ0v) is 20.8. The molecule has 4 fully saturated rings. The van der Waals surface area contributed by atoms with Crippen molar-refractivity contribution in [2.45, 2.75) is 38.6 Å². The second kappa shape index (κ2) is 9.29. The maximum Gasteiger partial charge on any atom is 0.248 e. The van der Waals surface area contributed by atoms with Crippen molar-refractivity contribution in [3.63, 3.8) is 0 Å². The van der Waals surface area contributed by atoms with E-state index in [1.807, 2.05) is 35.7 Å². The highest BCUT2D eigenvalue weighted by Crippen LogP contribution is 2.65.